The molecule has 0 fully saturated rings. The van der Waals surface area contributed by atoms with Gasteiger partial charge in [-0.15, -0.1) is 0 Å². The van der Waals surface area contributed by atoms with Crippen molar-refractivity contribution in [3.8, 4) is 11.3 Å². The zero-order valence-electron chi connectivity index (χ0n) is 14.2. The van der Waals surface area contributed by atoms with Crippen molar-refractivity contribution < 1.29 is 22.4 Å². The minimum atomic E-state index is -4.50. The molecule has 1 heterocycles. The zero-order valence-corrected chi connectivity index (χ0v) is 15.0. The number of anilines is 1. The smallest absolute Gasteiger partial charge is 0.416 e. The molecule has 2 aromatic carbocycles. The summed E-state index contributed by atoms with van der Waals surface area (Å²) in [7, 11) is 0. The van der Waals surface area contributed by atoms with E-state index in [1.54, 1.807) is 12.1 Å². The quantitative estimate of drug-likeness (QED) is 0.554. The van der Waals surface area contributed by atoms with Gasteiger partial charge in [-0.1, -0.05) is 36.7 Å². The number of amides is 1. The van der Waals surface area contributed by atoms with Crippen LogP contribution in [0.25, 0.3) is 11.3 Å². The first kappa shape index (κ1) is 19.0. The Balaban J connectivity index is 1.88. The Labute approximate surface area is 158 Å². The first-order valence-electron chi connectivity index (χ1n) is 8.16. The summed E-state index contributed by atoms with van der Waals surface area (Å²) in [4.78, 5) is 12.4. The van der Waals surface area contributed by atoms with Gasteiger partial charge in [0, 0.05) is 11.3 Å². The molecule has 3 aromatic rings. The van der Waals surface area contributed by atoms with E-state index < -0.39 is 17.6 Å². The Kier molecular flexibility index (Phi) is 5.28. The van der Waals surface area contributed by atoms with Crippen molar-refractivity contribution in [3.63, 3.8) is 0 Å². The number of alkyl halides is 3. The average molecular weight is 394 g/mol. The highest BCUT2D eigenvalue weighted by molar-refractivity contribution is 6.33. The predicted octanol–water partition coefficient (Wildman–Crippen LogP) is 6.43. The van der Waals surface area contributed by atoms with Gasteiger partial charge >= 0.3 is 6.18 Å². The van der Waals surface area contributed by atoms with Crippen LogP contribution in [-0.4, -0.2) is 5.91 Å². The van der Waals surface area contributed by atoms with Gasteiger partial charge < -0.3 is 9.73 Å². The maximum absolute atomic E-state index is 12.9. The lowest BCUT2D eigenvalue weighted by Crippen LogP contribution is -2.12. The van der Waals surface area contributed by atoms with Crippen LogP contribution in [0.5, 0.6) is 0 Å². The second-order valence-electron chi connectivity index (χ2n) is 5.82. The van der Waals surface area contributed by atoms with Gasteiger partial charge in [-0.2, -0.15) is 13.2 Å². The number of furan rings is 1. The van der Waals surface area contributed by atoms with Gasteiger partial charge in [0.05, 0.1) is 10.6 Å². The maximum atomic E-state index is 12.9. The number of carbonyl (C=O) groups is 1. The van der Waals surface area contributed by atoms with E-state index in [2.05, 4.69) is 5.32 Å². The number of aryl methyl sites for hydroxylation is 1. The molecule has 3 nitrogen and oxygen atoms in total. The Bertz CT molecular complexity index is 979. The molecule has 0 radical (unpaired) electrons. The molecule has 0 spiro atoms. The summed E-state index contributed by atoms with van der Waals surface area (Å²) >= 11 is 6.01. The molecule has 0 unspecified atom stereocenters. The van der Waals surface area contributed by atoms with Crippen molar-refractivity contribution in [2.24, 2.45) is 0 Å². The van der Waals surface area contributed by atoms with Gasteiger partial charge in [0.25, 0.3) is 5.91 Å². The summed E-state index contributed by atoms with van der Waals surface area (Å²) in [5.74, 6) is -0.436. The number of nitrogens with one attached hydrogen (secondary N) is 1. The van der Waals surface area contributed by atoms with Crippen LogP contribution in [0.15, 0.2) is 59.0 Å². The molecule has 0 saturated heterocycles. The van der Waals surface area contributed by atoms with Crippen LogP contribution in [0.4, 0.5) is 18.9 Å². The van der Waals surface area contributed by atoms with Crippen molar-refractivity contribution >= 4 is 23.2 Å². The minimum Gasteiger partial charge on any atom is -0.451 e. The van der Waals surface area contributed by atoms with E-state index >= 15 is 0 Å². The molecule has 7 heteroatoms. The van der Waals surface area contributed by atoms with Crippen LogP contribution in [0.1, 0.15) is 28.6 Å². The summed E-state index contributed by atoms with van der Waals surface area (Å²) in [5, 5.41) is 2.84. The Morgan fingerprint density at radius 3 is 2.56 bits per heavy atom. The molecule has 1 N–H and O–H groups in total. The van der Waals surface area contributed by atoms with E-state index in [1.807, 2.05) is 19.1 Å². The number of carbonyl (C=O) groups excluding carboxylic acids is 1. The maximum Gasteiger partial charge on any atom is 0.416 e. The number of hydrogen-bond donors (Lipinski definition) is 1. The van der Waals surface area contributed by atoms with Crippen LogP contribution in [0.2, 0.25) is 5.02 Å². The van der Waals surface area contributed by atoms with E-state index in [4.69, 9.17) is 16.0 Å². The number of para-hydroxylation sites is 1. The molecule has 0 bridgehead atoms. The third kappa shape index (κ3) is 4.17. The van der Waals surface area contributed by atoms with Crippen LogP contribution >= 0.6 is 11.6 Å². The van der Waals surface area contributed by atoms with Crippen molar-refractivity contribution in [1.82, 2.24) is 0 Å². The molecular formula is C20H15ClF3NO2. The molecule has 1 aromatic heterocycles. The molecule has 0 atom stereocenters. The van der Waals surface area contributed by atoms with E-state index in [0.29, 0.717) is 5.69 Å². The normalized spacial score (nSPS) is 11.4. The summed E-state index contributed by atoms with van der Waals surface area (Å²) in [6, 6.07) is 13.1. The van der Waals surface area contributed by atoms with E-state index in [-0.39, 0.29) is 22.1 Å². The Morgan fingerprint density at radius 1 is 1.11 bits per heavy atom. The number of rotatable bonds is 4. The highest BCUT2D eigenvalue weighted by Crippen LogP contribution is 2.36. The summed E-state index contributed by atoms with van der Waals surface area (Å²) in [6.45, 7) is 1.96. The van der Waals surface area contributed by atoms with Gasteiger partial charge in [0.1, 0.15) is 5.76 Å². The van der Waals surface area contributed by atoms with Crippen molar-refractivity contribution in [3.05, 3.63) is 76.5 Å². The Hall–Kier alpha value is -2.73. The largest absolute Gasteiger partial charge is 0.451 e. The molecule has 0 aliphatic heterocycles. The fraction of sp³-hybridized carbons (Fsp3) is 0.150. The van der Waals surface area contributed by atoms with Crippen LogP contribution < -0.4 is 5.32 Å². The van der Waals surface area contributed by atoms with Gasteiger partial charge in [0.2, 0.25) is 0 Å². The lowest BCUT2D eigenvalue weighted by atomic mass is 10.1. The standard InChI is InChI=1S/C20H15ClF3NO2/c1-2-12-5-3-4-6-16(12)25-19(26)18-10-9-17(27-18)14-11-13(20(22,23)24)7-8-15(14)21/h3-11H,2H2,1H3,(H,25,26). The second-order valence-corrected chi connectivity index (χ2v) is 6.23. The fourth-order valence-corrected chi connectivity index (χ4v) is 2.84. The molecule has 140 valence electrons. The fourth-order valence-electron chi connectivity index (χ4n) is 2.63. The number of halogens is 4. The lowest BCUT2D eigenvalue weighted by molar-refractivity contribution is -0.137. The first-order chi connectivity index (χ1) is 12.8. The molecule has 0 aliphatic rings. The molecule has 0 aliphatic carbocycles. The second kappa shape index (κ2) is 7.48. The van der Waals surface area contributed by atoms with Crippen LogP contribution in [-0.2, 0) is 12.6 Å². The van der Waals surface area contributed by atoms with Gasteiger partial charge in [-0.05, 0) is 48.4 Å². The van der Waals surface area contributed by atoms with E-state index in [0.717, 1.165) is 30.2 Å². The van der Waals surface area contributed by atoms with Crippen LogP contribution in [0, 0.1) is 0 Å². The molecule has 0 saturated carbocycles. The van der Waals surface area contributed by atoms with Crippen LogP contribution in [0.3, 0.4) is 0 Å². The van der Waals surface area contributed by atoms with E-state index in [9.17, 15) is 18.0 Å². The van der Waals surface area contributed by atoms with Crippen molar-refractivity contribution in [1.29, 1.82) is 0 Å². The minimum absolute atomic E-state index is 0.0237. The number of benzene rings is 2. The third-order valence-corrected chi connectivity index (χ3v) is 4.36. The van der Waals surface area contributed by atoms with E-state index in [1.165, 1.54) is 12.1 Å². The molecule has 3 rings (SSSR count). The first-order valence-corrected chi connectivity index (χ1v) is 8.53. The van der Waals surface area contributed by atoms with Gasteiger partial charge in [-0.3, -0.25) is 4.79 Å². The SMILES string of the molecule is CCc1ccccc1NC(=O)c1ccc(-c2cc(C(F)(F)F)ccc2Cl)o1. The topological polar surface area (TPSA) is 42.2 Å². The molecular weight excluding hydrogens is 379 g/mol. The predicted molar refractivity (Wildman–Crippen MR) is 97.9 cm³/mol. The number of hydrogen-bond acceptors (Lipinski definition) is 2. The van der Waals surface area contributed by atoms with Gasteiger partial charge in [0.15, 0.2) is 5.76 Å². The molecule has 1 amide bonds. The third-order valence-electron chi connectivity index (χ3n) is 4.04. The van der Waals surface area contributed by atoms with Gasteiger partial charge in [-0.25, -0.2) is 0 Å². The summed E-state index contributed by atoms with van der Waals surface area (Å²) in [5.41, 5.74) is 0.833. The highest BCUT2D eigenvalue weighted by Gasteiger charge is 2.31. The Morgan fingerprint density at radius 2 is 1.85 bits per heavy atom. The van der Waals surface area contributed by atoms with Crippen molar-refractivity contribution in [2.75, 3.05) is 5.32 Å². The summed E-state index contributed by atoms with van der Waals surface area (Å²) in [6.07, 6.45) is -3.77. The lowest BCUT2D eigenvalue weighted by Gasteiger charge is -2.09. The van der Waals surface area contributed by atoms with Crippen molar-refractivity contribution in [2.45, 2.75) is 19.5 Å². The highest BCUT2D eigenvalue weighted by atomic mass is 35.5. The molecule has 27 heavy (non-hydrogen) atoms. The monoisotopic (exact) mass is 393 g/mol. The zero-order chi connectivity index (χ0) is 19.6. The average Bonchev–Trinajstić information content (AvgIpc) is 3.11. The summed E-state index contributed by atoms with van der Waals surface area (Å²) < 4.78 is 44.2.